The summed E-state index contributed by atoms with van der Waals surface area (Å²) in [6, 6.07) is 23.3. The number of hydrogen-bond acceptors (Lipinski definition) is 3. The fourth-order valence-corrected chi connectivity index (χ4v) is 5.51. The van der Waals surface area contributed by atoms with Crippen molar-refractivity contribution in [2.45, 2.75) is 13.8 Å². The molecule has 3 heterocycles. The van der Waals surface area contributed by atoms with Crippen molar-refractivity contribution in [3.8, 4) is 17.1 Å². The molecule has 0 aliphatic heterocycles. The highest BCUT2D eigenvalue weighted by Crippen LogP contribution is 2.41. The van der Waals surface area contributed by atoms with Crippen molar-refractivity contribution in [1.29, 1.82) is 0 Å². The van der Waals surface area contributed by atoms with E-state index in [0.717, 1.165) is 39.4 Å². The van der Waals surface area contributed by atoms with E-state index in [4.69, 9.17) is 9.97 Å². The summed E-state index contributed by atoms with van der Waals surface area (Å²) in [6.07, 6.45) is 0. The minimum absolute atomic E-state index is 0.972. The first-order valence-electron chi connectivity index (χ1n) is 10.0. The Labute approximate surface area is 178 Å². The lowest BCUT2D eigenvalue weighted by Crippen LogP contribution is -1.99. The lowest BCUT2D eigenvalue weighted by Gasteiger charge is -2.12. The molecular formula is C25H20N4S. The lowest BCUT2D eigenvalue weighted by molar-refractivity contribution is 0.891. The zero-order valence-corrected chi connectivity index (χ0v) is 17.9. The van der Waals surface area contributed by atoms with E-state index < -0.39 is 0 Å². The molecule has 0 amide bonds. The van der Waals surface area contributed by atoms with Gasteiger partial charge in [0.05, 0.1) is 16.7 Å². The molecule has 6 aromatic rings. The first-order valence-corrected chi connectivity index (χ1v) is 10.8. The van der Waals surface area contributed by atoms with Crippen molar-refractivity contribution in [1.82, 2.24) is 19.1 Å². The number of imidazole rings is 2. The molecule has 4 nitrogen and oxygen atoms in total. The van der Waals surface area contributed by atoms with Crippen LogP contribution in [-0.2, 0) is 7.05 Å². The molecule has 0 atom stereocenters. The fraction of sp³-hybridized carbons (Fsp3) is 0.120. The normalized spacial score (nSPS) is 11.8. The second-order valence-corrected chi connectivity index (χ2v) is 8.70. The van der Waals surface area contributed by atoms with Crippen LogP contribution >= 0.6 is 11.3 Å². The molecule has 0 aliphatic rings. The molecule has 0 aliphatic carbocycles. The van der Waals surface area contributed by atoms with Gasteiger partial charge in [0, 0.05) is 22.7 Å². The van der Waals surface area contributed by atoms with Gasteiger partial charge < -0.3 is 4.57 Å². The third-order valence-electron chi connectivity index (χ3n) is 5.89. The molecule has 0 saturated carbocycles. The molecule has 0 unspecified atom stereocenters. The lowest BCUT2D eigenvalue weighted by atomic mass is 10.1. The number of fused-ring (bicyclic) bond motifs is 4. The highest BCUT2D eigenvalue weighted by atomic mass is 32.1. The number of thiophene rings is 1. The first kappa shape index (κ1) is 17.4. The summed E-state index contributed by atoms with van der Waals surface area (Å²) in [4.78, 5) is 11.1. The molecule has 0 saturated heterocycles. The van der Waals surface area contributed by atoms with E-state index in [2.05, 4.69) is 90.7 Å². The van der Waals surface area contributed by atoms with E-state index in [-0.39, 0.29) is 0 Å². The van der Waals surface area contributed by atoms with Gasteiger partial charge in [-0.15, -0.1) is 11.3 Å². The Kier molecular flexibility index (Phi) is 3.65. The highest BCUT2D eigenvalue weighted by molar-refractivity contribution is 7.26. The second-order valence-electron chi connectivity index (χ2n) is 7.70. The predicted molar refractivity (Wildman–Crippen MR) is 126 cm³/mol. The Morgan fingerprint density at radius 3 is 2.50 bits per heavy atom. The molecule has 0 fully saturated rings. The van der Waals surface area contributed by atoms with Crippen LogP contribution < -0.4 is 0 Å². The van der Waals surface area contributed by atoms with Gasteiger partial charge in [0.2, 0.25) is 0 Å². The zero-order chi connectivity index (χ0) is 20.4. The number of nitrogens with zero attached hydrogens (tertiary/aromatic N) is 4. The molecule has 30 heavy (non-hydrogen) atoms. The van der Waals surface area contributed by atoms with Crippen molar-refractivity contribution in [3.63, 3.8) is 0 Å². The Bertz CT molecular complexity index is 1580. The maximum absolute atomic E-state index is 5.09. The van der Waals surface area contributed by atoms with Crippen LogP contribution in [0.4, 0.5) is 0 Å². The van der Waals surface area contributed by atoms with Crippen LogP contribution in [0.2, 0.25) is 0 Å². The predicted octanol–water partition coefficient (Wildman–Crippen LogP) is 6.41. The fourth-order valence-electron chi connectivity index (χ4n) is 4.25. The van der Waals surface area contributed by atoms with E-state index in [9.17, 15) is 0 Å². The third kappa shape index (κ3) is 2.33. The van der Waals surface area contributed by atoms with Gasteiger partial charge >= 0.3 is 0 Å². The Morgan fingerprint density at radius 2 is 1.63 bits per heavy atom. The van der Waals surface area contributed by atoms with Gasteiger partial charge in [0.15, 0.2) is 0 Å². The SMILES string of the molecule is Cc1ccccc1-n1c(-c2cccc3c2sc2c3nc(C)n2C)nc2ccccc21. The van der Waals surface area contributed by atoms with Gasteiger partial charge in [-0.05, 0) is 43.7 Å². The number of benzene rings is 3. The van der Waals surface area contributed by atoms with Crippen LogP contribution in [0, 0.1) is 13.8 Å². The molecule has 0 spiro atoms. The Morgan fingerprint density at radius 1 is 0.833 bits per heavy atom. The maximum atomic E-state index is 5.09. The molecule has 5 heteroatoms. The number of para-hydroxylation sites is 3. The maximum Gasteiger partial charge on any atom is 0.147 e. The molecule has 3 aromatic carbocycles. The Balaban J connectivity index is 1.74. The number of aromatic nitrogens is 4. The number of hydrogen-bond donors (Lipinski definition) is 0. The van der Waals surface area contributed by atoms with Gasteiger partial charge in [0.25, 0.3) is 0 Å². The van der Waals surface area contributed by atoms with Crippen LogP contribution in [0.15, 0.2) is 66.7 Å². The molecular weight excluding hydrogens is 388 g/mol. The summed E-state index contributed by atoms with van der Waals surface area (Å²) in [6.45, 7) is 4.21. The van der Waals surface area contributed by atoms with E-state index in [1.54, 1.807) is 11.3 Å². The minimum Gasteiger partial charge on any atom is -0.323 e. The number of rotatable bonds is 2. The van der Waals surface area contributed by atoms with E-state index in [1.165, 1.54) is 20.5 Å². The second kappa shape index (κ2) is 6.28. The molecule has 6 rings (SSSR count). The third-order valence-corrected chi connectivity index (χ3v) is 7.20. The summed E-state index contributed by atoms with van der Waals surface area (Å²) < 4.78 is 5.70. The molecule has 146 valence electrons. The summed E-state index contributed by atoms with van der Waals surface area (Å²) in [5.74, 6) is 2.01. The summed E-state index contributed by atoms with van der Waals surface area (Å²) >= 11 is 1.80. The Hall–Kier alpha value is -3.44. The van der Waals surface area contributed by atoms with Crippen molar-refractivity contribution in [3.05, 3.63) is 78.1 Å². The summed E-state index contributed by atoms with van der Waals surface area (Å²) in [5, 5.41) is 1.19. The van der Waals surface area contributed by atoms with Gasteiger partial charge in [-0.25, -0.2) is 9.97 Å². The van der Waals surface area contributed by atoms with Gasteiger partial charge in [-0.2, -0.15) is 0 Å². The average molecular weight is 409 g/mol. The molecule has 3 aromatic heterocycles. The highest BCUT2D eigenvalue weighted by Gasteiger charge is 2.20. The molecule has 0 bridgehead atoms. The molecule has 0 radical (unpaired) electrons. The standard InChI is InChI=1S/C25H20N4S/c1-15-9-4-6-13-20(15)29-21-14-7-5-12-19(21)27-24(29)18-11-8-10-17-22-25(30-23(17)18)28(3)16(2)26-22/h4-14H,1-3H3. The molecule has 0 N–H and O–H groups in total. The van der Waals surface area contributed by atoms with E-state index in [0.29, 0.717) is 0 Å². The van der Waals surface area contributed by atoms with Gasteiger partial charge in [-0.3, -0.25) is 4.57 Å². The largest absolute Gasteiger partial charge is 0.323 e. The van der Waals surface area contributed by atoms with Gasteiger partial charge in [-0.1, -0.05) is 42.5 Å². The average Bonchev–Trinajstić information content (AvgIpc) is 3.40. The first-order chi connectivity index (χ1) is 14.6. The van der Waals surface area contributed by atoms with Crippen LogP contribution in [0.5, 0.6) is 0 Å². The number of aryl methyl sites for hydroxylation is 3. The van der Waals surface area contributed by atoms with Gasteiger partial charge in [0.1, 0.15) is 22.0 Å². The van der Waals surface area contributed by atoms with E-state index >= 15 is 0 Å². The quantitative estimate of drug-likeness (QED) is 0.332. The summed E-state index contributed by atoms with van der Waals surface area (Å²) in [5.41, 5.74) is 6.73. The minimum atomic E-state index is 0.972. The zero-order valence-electron chi connectivity index (χ0n) is 17.0. The van der Waals surface area contributed by atoms with Crippen molar-refractivity contribution < 1.29 is 0 Å². The van der Waals surface area contributed by atoms with Crippen LogP contribution in [0.25, 0.3) is 48.5 Å². The van der Waals surface area contributed by atoms with Crippen molar-refractivity contribution in [2.24, 2.45) is 7.05 Å². The summed E-state index contributed by atoms with van der Waals surface area (Å²) in [7, 11) is 2.09. The van der Waals surface area contributed by atoms with E-state index in [1.807, 2.05) is 6.07 Å². The smallest absolute Gasteiger partial charge is 0.147 e. The van der Waals surface area contributed by atoms with Crippen molar-refractivity contribution >= 4 is 42.8 Å². The van der Waals surface area contributed by atoms with Crippen LogP contribution in [0.3, 0.4) is 0 Å². The van der Waals surface area contributed by atoms with Crippen LogP contribution in [0.1, 0.15) is 11.4 Å². The monoisotopic (exact) mass is 408 g/mol. The van der Waals surface area contributed by atoms with Crippen LogP contribution in [-0.4, -0.2) is 19.1 Å². The van der Waals surface area contributed by atoms with Crippen molar-refractivity contribution in [2.75, 3.05) is 0 Å². The topological polar surface area (TPSA) is 35.6 Å².